The number of carbonyl (C=O) groups is 1. The summed E-state index contributed by atoms with van der Waals surface area (Å²) in [5, 5.41) is 6.91. The summed E-state index contributed by atoms with van der Waals surface area (Å²) in [5.74, 6) is 1.27. The van der Waals surface area contributed by atoms with Gasteiger partial charge in [-0.2, -0.15) is 0 Å². The molecule has 1 atom stereocenters. The van der Waals surface area contributed by atoms with Gasteiger partial charge in [0.1, 0.15) is 5.76 Å². The summed E-state index contributed by atoms with van der Waals surface area (Å²) in [5.41, 5.74) is 1.87. The van der Waals surface area contributed by atoms with E-state index in [0.29, 0.717) is 0 Å². The highest BCUT2D eigenvalue weighted by atomic mass is 16.5. The van der Waals surface area contributed by atoms with Gasteiger partial charge in [-0.1, -0.05) is 19.0 Å². The summed E-state index contributed by atoms with van der Waals surface area (Å²) >= 11 is 0. The number of aryl methyl sites for hydroxylation is 1. The third-order valence-electron chi connectivity index (χ3n) is 3.70. The monoisotopic (exact) mass is 274 g/mol. The minimum Gasteiger partial charge on any atom is -0.469 e. The van der Waals surface area contributed by atoms with Gasteiger partial charge in [-0.05, 0) is 24.8 Å². The fourth-order valence-electron chi connectivity index (χ4n) is 2.53. The average Bonchev–Trinajstić information content (AvgIpc) is 3.08. The molecule has 0 saturated carbocycles. The van der Waals surface area contributed by atoms with Crippen LogP contribution in [-0.4, -0.2) is 11.1 Å². The van der Waals surface area contributed by atoms with Crippen molar-refractivity contribution in [2.45, 2.75) is 45.1 Å². The lowest BCUT2D eigenvalue weighted by Gasteiger charge is -2.22. The van der Waals surface area contributed by atoms with E-state index in [-0.39, 0.29) is 23.6 Å². The van der Waals surface area contributed by atoms with Crippen molar-refractivity contribution in [2.24, 2.45) is 0 Å². The third kappa shape index (κ3) is 2.35. The van der Waals surface area contributed by atoms with Crippen molar-refractivity contribution in [1.82, 2.24) is 10.5 Å². The second-order valence-electron chi connectivity index (χ2n) is 5.49. The highest BCUT2D eigenvalue weighted by Crippen LogP contribution is 2.30. The summed E-state index contributed by atoms with van der Waals surface area (Å²) < 4.78 is 10.5. The van der Waals surface area contributed by atoms with Gasteiger partial charge in [0.25, 0.3) is 5.91 Å². The van der Waals surface area contributed by atoms with Crippen molar-refractivity contribution in [1.29, 1.82) is 0 Å². The van der Waals surface area contributed by atoms with E-state index >= 15 is 0 Å². The second-order valence-corrected chi connectivity index (χ2v) is 5.49. The molecule has 1 N–H and O–H groups in total. The minimum atomic E-state index is -0.219. The molecule has 2 heterocycles. The fraction of sp³-hybridized carbons (Fsp3) is 0.467. The van der Waals surface area contributed by atoms with E-state index in [4.69, 9.17) is 8.94 Å². The lowest BCUT2D eigenvalue weighted by Crippen LogP contribution is -2.30. The maximum atomic E-state index is 12.2. The Bertz CT molecular complexity index is 612. The van der Waals surface area contributed by atoms with E-state index in [1.807, 2.05) is 19.9 Å². The SMILES string of the molecule is CC(C)c1cc(C(=O)N[C@@H]2CCCc3occc32)on1. The summed E-state index contributed by atoms with van der Waals surface area (Å²) in [6.07, 6.45) is 4.55. The lowest BCUT2D eigenvalue weighted by atomic mass is 9.93. The predicted molar refractivity (Wildman–Crippen MR) is 72.4 cm³/mol. The van der Waals surface area contributed by atoms with Crippen LogP contribution < -0.4 is 5.32 Å². The number of nitrogens with zero attached hydrogens (tertiary/aromatic N) is 1. The third-order valence-corrected chi connectivity index (χ3v) is 3.70. The maximum absolute atomic E-state index is 12.2. The molecule has 0 radical (unpaired) electrons. The smallest absolute Gasteiger partial charge is 0.290 e. The van der Waals surface area contributed by atoms with Gasteiger partial charge in [-0.25, -0.2) is 0 Å². The molecule has 0 aromatic carbocycles. The number of fused-ring (bicyclic) bond motifs is 1. The van der Waals surface area contributed by atoms with Gasteiger partial charge in [0.15, 0.2) is 0 Å². The first-order chi connectivity index (χ1) is 9.65. The van der Waals surface area contributed by atoms with E-state index in [9.17, 15) is 4.79 Å². The van der Waals surface area contributed by atoms with Crippen molar-refractivity contribution in [2.75, 3.05) is 0 Å². The fourth-order valence-corrected chi connectivity index (χ4v) is 2.53. The lowest BCUT2D eigenvalue weighted by molar-refractivity contribution is 0.0894. The molecule has 0 aliphatic heterocycles. The molecule has 3 rings (SSSR count). The van der Waals surface area contributed by atoms with Crippen LogP contribution >= 0.6 is 0 Å². The molecule has 0 saturated heterocycles. The maximum Gasteiger partial charge on any atom is 0.290 e. The van der Waals surface area contributed by atoms with Crippen molar-refractivity contribution >= 4 is 5.91 Å². The van der Waals surface area contributed by atoms with Gasteiger partial charge in [0.2, 0.25) is 5.76 Å². The molecule has 2 aromatic heterocycles. The Labute approximate surface area is 117 Å². The molecule has 1 aliphatic rings. The van der Waals surface area contributed by atoms with E-state index in [1.165, 1.54) is 0 Å². The number of amides is 1. The van der Waals surface area contributed by atoms with Crippen LogP contribution in [0, 0.1) is 0 Å². The number of carbonyl (C=O) groups excluding carboxylic acids is 1. The molecule has 0 spiro atoms. The zero-order valence-electron chi connectivity index (χ0n) is 11.7. The van der Waals surface area contributed by atoms with Crippen LogP contribution in [0.25, 0.3) is 0 Å². The Morgan fingerprint density at radius 3 is 3.10 bits per heavy atom. The Morgan fingerprint density at radius 2 is 2.35 bits per heavy atom. The number of hydrogen-bond acceptors (Lipinski definition) is 4. The van der Waals surface area contributed by atoms with Crippen molar-refractivity contribution in [3.8, 4) is 0 Å². The molecule has 1 amide bonds. The van der Waals surface area contributed by atoms with E-state index in [1.54, 1.807) is 12.3 Å². The van der Waals surface area contributed by atoms with Crippen molar-refractivity contribution in [3.63, 3.8) is 0 Å². The predicted octanol–water partition coefficient (Wildman–Crippen LogP) is 3.20. The van der Waals surface area contributed by atoms with Crippen LogP contribution in [-0.2, 0) is 6.42 Å². The van der Waals surface area contributed by atoms with Crippen LogP contribution in [0.2, 0.25) is 0 Å². The highest BCUT2D eigenvalue weighted by molar-refractivity contribution is 5.91. The Hall–Kier alpha value is -2.04. The molecule has 2 aromatic rings. The number of hydrogen-bond donors (Lipinski definition) is 1. The van der Waals surface area contributed by atoms with Crippen LogP contribution in [0.4, 0.5) is 0 Å². The molecular weight excluding hydrogens is 256 g/mol. The van der Waals surface area contributed by atoms with E-state index in [0.717, 1.165) is 36.3 Å². The number of nitrogens with one attached hydrogen (secondary N) is 1. The molecule has 0 fully saturated rings. The standard InChI is InChI=1S/C15H18N2O3/c1-9(2)12-8-14(20-17-12)15(18)16-11-4-3-5-13-10(11)6-7-19-13/h6-9,11H,3-5H2,1-2H3,(H,16,18)/t11-/m1/s1. The van der Waals surface area contributed by atoms with Crippen LogP contribution in [0.5, 0.6) is 0 Å². The zero-order chi connectivity index (χ0) is 14.1. The van der Waals surface area contributed by atoms with Gasteiger partial charge in [-0.3, -0.25) is 4.79 Å². The molecule has 0 bridgehead atoms. The van der Waals surface area contributed by atoms with Crippen molar-refractivity contribution < 1.29 is 13.7 Å². The summed E-state index contributed by atoms with van der Waals surface area (Å²) in [7, 11) is 0. The first-order valence-electron chi connectivity index (χ1n) is 6.99. The Balaban J connectivity index is 1.74. The van der Waals surface area contributed by atoms with E-state index < -0.39 is 0 Å². The van der Waals surface area contributed by atoms with Crippen LogP contribution in [0.3, 0.4) is 0 Å². The number of aromatic nitrogens is 1. The largest absolute Gasteiger partial charge is 0.469 e. The summed E-state index contributed by atoms with van der Waals surface area (Å²) in [4.78, 5) is 12.2. The van der Waals surface area contributed by atoms with Crippen molar-refractivity contribution in [3.05, 3.63) is 41.2 Å². The average molecular weight is 274 g/mol. The first-order valence-corrected chi connectivity index (χ1v) is 6.99. The summed E-state index contributed by atoms with van der Waals surface area (Å²) in [6, 6.07) is 3.64. The molecule has 106 valence electrons. The van der Waals surface area contributed by atoms with E-state index in [2.05, 4.69) is 10.5 Å². The Morgan fingerprint density at radius 1 is 1.50 bits per heavy atom. The number of rotatable bonds is 3. The first kappa shape index (κ1) is 13.0. The normalized spacial score (nSPS) is 18.1. The van der Waals surface area contributed by atoms with Gasteiger partial charge in [0.05, 0.1) is 18.0 Å². The number of furan rings is 1. The Kier molecular flexibility index (Phi) is 3.34. The molecule has 0 unspecified atom stereocenters. The van der Waals surface area contributed by atoms with Gasteiger partial charge in [-0.15, -0.1) is 0 Å². The molecule has 5 nitrogen and oxygen atoms in total. The quantitative estimate of drug-likeness (QED) is 0.933. The van der Waals surface area contributed by atoms with Gasteiger partial charge in [0, 0.05) is 18.1 Å². The molecule has 5 heteroatoms. The van der Waals surface area contributed by atoms with Gasteiger partial charge >= 0.3 is 0 Å². The van der Waals surface area contributed by atoms with Crippen LogP contribution in [0.1, 0.15) is 66.2 Å². The summed E-state index contributed by atoms with van der Waals surface area (Å²) in [6.45, 7) is 4.02. The highest BCUT2D eigenvalue weighted by Gasteiger charge is 2.25. The molecule has 20 heavy (non-hydrogen) atoms. The topological polar surface area (TPSA) is 68.3 Å². The zero-order valence-corrected chi connectivity index (χ0v) is 11.7. The van der Waals surface area contributed by atoms with Gasteiger partial charge < -0.3 is 14.3 Å². The molecular formula is C15H18N2O3. The second kappa shape index (κ2) is 5.15. The molecule has 1 aliphatic carbocycles. The minimum absolute atomic E-state index is 0.00222. The van der Waals surface area contributed by atoms with Crippen LogP contribution in [0.15, 0.2) is 27.3 Å².